The van der Waals surface area contributed by atoms with Gasteiger partial charge in [0.1, 0.15) is 0 Å². The van der Waals surface area contributed by atoms with Crippen molar-refractivity contribution in [3.63, 3.8) is 0 Å². The third-order valence-electron chi connectivity index (χ3n) is 3.14. The second-order valence-electron chi connectivity index (χ2n) is 6.01. The third-order valence-corrected chi connectivity index (χ3v) is 3.14. The van der Waals surface area contributed by atoms with Gasteiger partial charge in [0.25, 0.3) is 0 Å². The molecular formula is C13H23BN4O3. The van der Waals surface area contributed by atoms with Gasteiger partial charge in [0.15, 0.2) is 0 Å². The minimum atomic E-state index is -0.585. The summed E-state index contributed by atoms with van der Waals surface area (Å²) >= 11 is 0. The van der Waals surface area contributed by atoms with Gasteiger partial charge in [-0.3, -0.25) is 0 Å². The second kappa shape index (κ2) is 7.88. The topological polar surface area (TPSA) is 101 Å². The van der Waals surface area contributed by atoms with Crippen molar-refractivity contribution in [2.24, 2.45) is 11.7 Å². The van der Waals surface area contributed by atoms with Gasteiger partial charge in [0, 0.05) is 0 Å². The van der Waals surface area contributed by atoms with Crippen LogP contribution in [0.3, 0.4) is 0 Å². The van der Waals surface area contributed by atoms with E-state index in [9.17, 15) is 4.79 Å². The number of nitrogens with one attached hydrogen (secondary N) is 1. The molecule has 3 N–H and O–H groups in total. The number of amides is 1. The van der Waals surface area contributed by atoms with Crippen molar-refractivity contribution < 1.29 is 14.2 Å². The number of nitriles is 1. The predicted octanol–water partition coefficient (Wildman–Crippen LogP) is 0.386. The maximum absolute atomic E-state index is 11.8. The van der Waals surface area contributed by atoms with Gasteiger partial charge in [-0.2, -0.15) is 0 Å². The first-order valence-electron chi connectivity index (χ1n) is 7.05. The number of rotatable bonds is 4. The van der Waals surface area contributed by atoms with Crippen LogP contribution in [-0.4, -0.2) is 49.1 Å². The first-order chi connectivity index (χ1) is 9.85. The molecule has 1 aliphatic heterocycles. The summed E-state index contributed by atoms with van der Waals surface area (Å²) in [5.74, 6) is 0.501. The first-order valence-corrected chi connectivity index (χ1v) is 7.05. The Morgan fingerprint density at radius 1 is 1.48 bits per heavy atom. The van der Waals surface area contributed by atoms with E-state index in [2.05, 4.69) is 9.97 Å². The normalized spacial score (nSPS) is 16.7. The fourth-order valence-electron chi connectivity index (χ4n) is 2.08. The molecule has 116 valence electrons. The zero-order valence-corrected chi connectivity index (χ0v) is 12.9. The van der Waals surface area contributed by atoms with E-state index in [4.69, 9.17) is 15.7 Å². The van der Waals surface area contributed by atoms with Crippen molar-refractivity contribution >= 4 is 18.9 Å². The molecule has 0 atom stereocenters. The minimum absolute atomic E-state index is 0.432. The third kappa shape index (κ3) is 6.49. The number of piperidine rings is 1. The number of carbonyl (C=O) groups excluding carboxylic acids is 1. The molecule has 1 amide bonds. The first kappa shape index (κ1) is 17.3. The monoisotopic (exact) mass is 294 g/mol. The maximum atomic E-state index is 11.8. The molecule has 0 aromatic rings. The zero-order chi connectivity index (χ0) is 15.9. The van der Waals surface area contributed by atoms with E-state index in [0.717, 1.165) is 25.9 Å². The summed E-state index contributed by atoms with van der Waals surface area (Å²) in [6.07, 6.45) is 2.87. The number of carbonyl (C=O) groups is 1. The van der Waals surface area contributed by atoms with E-state index in [1.165, 1.54) is 7.12 Å². The summed E-state index contributed by atoms with van der Waals surface area (Å²) < 4.78 is 9.85. The molecule has 1 saturated heterocycles. The molecule has 0 aromatic heterocycles. The van der Waals surface area contributed by atoms with Crippen molar-refractivity contribution in [2.75, 3.05) is 19.6 Å². The number of nitrogens with zero attached hydrogens (tertiary/aromatic N) is 2. The van der Waals surface area contributed by atoms with Crippen LogP contribution in [-0.2, 0) is 9.39 Å². The molecule has 0 saturated carbocycles. The number of hydrogen-bond donors (Lipinski definition) is 2. The molecule has 0 unspecified atom stereocenters. The van der Waals surface area contributed by atoms with Crippen molar-refractivity contribution in [1.29, 1.82) is 5.26 Å². The van der Waals surface area contributed by atoms with Crippen LogP contribution in [0.4, 0.5) is 4.79 Å². The second-order valence-corrected chi connectivity index (χ2v) is 6.01. The molecule has 1 rings (SSSR count). The van der Waals surface area contributed by atoms with Gasteiger partial charge in [-0.05, 0) is 0 Å². The van der Waals surface area contributed by atoms with Crippen LogP contribution < -0.4 is 11.1 Å². The zero-order valence-electron chi connectivity index (χ0n) is 12.9. The van der Waals surface area contributed by atoms with Gasteiger partial charge in [-0.15, -0.1) is 0 Å². The van der Waals surface area contributed by atoms with Crippen LogP contribution in [0.25, 0.3) is 0 Å². The van der Waals surface area contributed by atoms with Crippen molar-refractivity contribution in [1.82, 2.24) is 10.2 Å². The van der Waals surface area contributed by atoms with Crippen LogP contribution in [0.1, 0.15) is 33.6 Å². The Bertz CT molecular complexity index is 420. The van der Waals surface area contributed by atoms with E-state index in [1.54, 1.807) is 27.0 Å². The summed E-state index contributed by atoms with van der Waals surface area (Å²) in [6.45, 7) is 7.52. The number of alkyl carbamates (subject to hydrolysis) is 1. The molecule has 0 spiro atoms. The molecule has 7 nitrogen and oxygen atoms in total. The SMILES string of the molecule is CC(C)(C)OC(=O)NC(=BOC#N)N1CCC(CN)CC1. The van der Waals surface area contributed by atoms with Crippen LogP contribution >= 0.6 is 0 Å². The van der Waals surface area contributed by atoms with E-state index >= 15 is 0 Å². The number of nitrogens with two attached hydrogens (primary N) is 1. The Morgan fingerprint density at radius 3 is 2.57 bits per heavy atom. The standard InChI is InChI=1S/C13H23BN4O3/c1-13(2,3)21-12(19)17-11(14-20-9-16)18-6-4-10(8-15)5-7-18/h10H,4-8,15H2,1-3H3,(H,17,19). The van der Waals surface area contributed by atoms with Crippen LogP contribution in [0.2, 0.25) is 0 Å². The number of likely N-dealkylation sites (tertiary alicyclic amines) is 1. The Balaban J connectivity index is 2.65. The fourth-order valence-corrected chi connectivity index (χ4v) is 2.08. The van der Waals surface area contributed by atoms with Gasteiger partial charge in [-0.1, -0.05) is 0 Å². The van der Waals surface area contributed by atoms with E-state index in [1.807, 2.05) is 4.90 Å². The van der Waals surface area contributed by atoms with Crippen LogP contribution in [0.5, 0.6) is 0 Å². The molecule has 0 radical (unpaired) electrons. The average Bonchev–Trinajstić information content (AvgIpc) is 2.41. The van der Waals surface area contributed by atoms with Gasteiger partial charge in [0.2, 0.25) is 0 Å². The average molecular weight is 294 g/mol. The summed E-state index contributed by atoms with van der Waals surface area (Å²) in [5.41, 5.74) is 5.51. The predicted molar refractivity (Wildman–Crippen MR) is 80.2 cm³/mol. The van der Waals surface area contributed by atoms with Crippen molar-refractivity contribution in [3.8, 4) is 6.26 Å². The molecule has 1 heterocycles. The Labute approximate surface area is 126 Å². The molecule has 21 heavy (non-hydrogen) atoms. The molecule has 1 fully saturated rings. The Hall–Kier alpha value is -1.75. The van der Waals surface area contributed by atoms with Gasteiger partial charge >= 0.3 is 125 Å². The number of hydrogen-bond acceptors (Lipinski definition) is 6. The summed E-state index contributed by atoms with van der Waals surface area (Å²) in [5, 5.41) is 11.1. The molecule has 8 heteroatoms. The number of ether oxygens (including phenoxy) is 1. The van der Waals surface area contributed by atoms with Crippen molar-refractivity contribution in [2.45, 2.75) is 39.2 Å². The molecule has 0 bridgehead atoms. The van der Waals surface area contributed by atoms with E-state index in [-0.39, 0.29) is 0 Å². The van der Waals surface area contributed by atoms with Crippen molar-refractivity contribution in [3.05, 3.63) is 0 Å². The van der Waals surface area contributed by atoms with Gasteiger partial charge < -0.3 is 0 Å². The molecule has 0 aliphatic carbocycles. The van der Waals surface area contributed by atoms with Crippen LogP contribution in [0.15, 0.2) is 0 Å². The molecule has 1 aliphatic rings. The Morgan fingerprint density at radius 2 is 2.10 bits per heavy atom. The van der Waals surface area contributed by atoms with Crippen LogP contribution in [0, 0.1) is 17.4 Å². The van der Waals surface area contributed by atoms with Gasteiger partial charge in [0.05, 0.1) is 0 Å². The van der Waals surface area contributed by atoms with E-state index in [0.29, 0.717) is 18.2 Å². The summed E-state index contributed by atoms with van der Waals surface area (Å²) in [4.78, 5) is 13.8. The summed E-state index contributed by atoms with van der Waals surface area (Å²) in [6, 6.07) is 0. The molecular weight excluding hydrogens is 271 g/mol. The summed E-state index contributed by atoms with van der Waals surface area (Å²) in [7, 11) is 1.23. The molecule has 0 aromatic carbocycles. The quantitative estimate of drug-likeness (QED) is 0.574. The Kier molecular flexibility index (Phi) is 6.50. The van der Waals surface area contributed by atoms with E-state index < -0.39 is 11.7 Å². The fraction of sp³-hybridized carbons (Fsp3) is 0.769. The van der Waals surface area contributed by atoms with Gasteiger partial charge in [-0.25, -0.2) is 0 Å².